The molecular formula is C17H20N2O2S. The van der Waals surface area contributed by atoms with Gasteiger partial charge in [-0.1, -0.05) is 12.1 Å². The van der Waals surface area contributed by atoms with Crippen LogP contribution >= 0.6 is 0 Å². The van der Waals surface area contributed by atoms with Crippen molar-refractivity contribution in [2.45, 2.75) is 37.0 Å². The summed E-state index contributed by atoms with van der Waals surface area (Å²) in [5, 5.41) is 0. The number of aryl methyl sites for hydroxylation is 3. The first-order valence-electron chi connectivity index (χ1n) is 7.66. The van der Waals surface area contributed by atoms with E-state index in [1.807, 2.05) is 30.3 Å². The van der Waals surface area contributed by atoms with Gasteiger partial charge in [-0.2, -0.15) is 0 Å². The van der Waals surface area contributed by atoms with Crippen molar-refractivity contribution >= 4 is 10.0 Å². The summed E-state index contributed by atoms with van der Waals surface area (Å²) in [5.74, 6) is 0. The number of sulfonamides is 1. The average Bonchev–Trinajstić information content (AvgIpc) is 3.00. The van der Waals surface area contributed by atoms with E-state index in [1.54, 1.807) is 12.3 Å². The van der Waals surface area contributed by atoms with E-state index in [0.29, 0.717) is 11.4 Å². The maximum atomic E-state index is 12.3. The van der Waals surface area contributed by atoms with Crippen LogP contribution in [-0.2, 0) is 29.3 Å². The minimum absolute atomic E-state index is 0.381. The lowest BCUT2D eigenvalue weighted by Crippen LogP contribution is -2.25. The quantitative estimate of drug-likeness (QED) is 0.833. The summed E-state index contributed by atoms with van der Waals surface area (Å²) in [5.41, 5.74) is 3.45. The SMILES string of the molecule is O=S(=O)(NCCCc1ccccn1)c1ccc2c(c1)CCC2. The van der Waals surface area contributed by atoms with Crippen molar-refractivity contribution < 1.29 is 8.42 Å². The highest BCUT2D eigenvalue weighted by Crippen LogP contribution is 2.24. The predicted molar refractivity (Wildman–Crippen MR) is 86.2 cm³/mol. The molecule has 116 valence electrons. The van der Waals surface area contributed by atoms with Gasteiger partial charge < -0.3 is 0 Å². The van der Waals surface area contributed by atoms with Crippen LogP contribution in [0.25, 0.3) is 0 Å². The van der Waals surface area contributed by atoms with Crippen LogP contribution in [0.1, 0.15) is 29.7 Å². The molecule has 1 aromatic heterocycles. The van der Waals surface area contributed by atoms with E-state index >= 15 is 0 Å². The topological polar surface area (TPSA) is 59.1 Å². The molecule has 5 heteroatoms. The summed E-state index contributed by atoms with van der Waals surface area (Å²) in [4.78, 5) is 4.61. The molecule has 2 aromatic rings. The van der Waals surface area contributed by atoms with E-state index in [-0.39, 0.29) is 0 Å². The van der Waals surface area contributed by atoms with Gasteiger partial charge in [-0.05, 0) is 67.5 Å². The molecule has 0 atom stereocenters. The number of nitrogens with one attached hydrogen (secondary N) is 1. The van der Waals surface area contributed by atoms with Gasteiger partial charge >= 0.3 is 0 Å². The fraction of sp³-hybridized carbons (Fsp3) is 0.353. The Morgan fingerprint density at radius 1 is 1.09 bits per heavy atom. The molecule has 3 rings (SSSR count). The first kappa shape index (κ1) is 15.2. The van der Waals surface area contributed by atoms with Gasteiger partial charge in [-0.15, -0.1) is 0 Å². The number of aromatic nitrogens is 1. The number of fused-ring (bicyclic) bond motifs is 1. The minimum atomic E-state index is -3.41. The Balaban J connectivity index is 1.57. The third-order valence-corrected chi connectivity index (χ3v) is 5.47. The maximum Gasteiger partial charge on any atom is 0.240 e. The largest absolute Gasteiger partial charge is 0.261 e. The van der Waals surface area contributed by atoms with Gasteiger partial charge in [0.25, 0.3) is 0 Å². The minimum Gasteiger partial charge on any atom is -0.261 e. The number of nitrogens with zero attached hydrogens (tertiary/aromatic N) is 1. The summed E-state index contributed by atoms with van der Waals surface area (Å²) in [7, 11) is -3.41. The van der Waals surface area contributed by atoms with Crippen molar-refractivity contribution in [2.24, 2.45) is 0 Å². The van der Waals surface area contributed by atoms with Crippen LogP contribution in [0.3, 0.4) is 0 Å². The summed E-state index contributed by atoms with van der Waals surface area (Å²) in [6.45, 7) is 0.427. The first-order chi connectivity index (χ1) is 10.6. The van der Waals surface area contributed by atoms with E-state index in [0.717, 1.165) is 37.8 Å². The zero-order valence-electron chi connectivity index (χ0n) is 12.5. The Bertz CT molecular complexity index is 743. The Morgan fingerprint density at radius 2 is 1.95 bits per heavy atom. The van der Waals surface area contributed by atoms with E-state index in [2.05, 4.69) is 9.71 Å². The lowest BCUT2D eigenvalue weighted by molar-refractivity contribution is 0.578. The van der Waals surface area contributed by atoms with E-state index in [4.69, 9.17) is 0 Å². The second kappa shape index (κ2) is 6.58. The van der Waals surface area contributed by atoms with Crippen LogP contribution in [0.15, 0.2) is 47.5 Å². The first-order valence-corrected chi connectivity index (χ1v) is 9.15. The molecule has 0 saturated heterocycles. The Hall–Kier alpha value is -1.72. The van der Waals surface area contributed by atoms with Gasteiger partial charge in [0.15, 0.2) is 0 Å². The molecule has 0 spiro atoms. The third kappa shape index (κ3) is 3.54. The Morgan fingerprint density at radius 3 is 2.77 bits per heavy atom. The predicted octanol–water partition coefficient (Wildman–Crippen LogP) is 2.48. The van der Waals surface area contributed by atoms with Crippen LogP contribution in [0.2, 0.25) is 0 Å². The number of hydrogen-bond donors (Lipinski definition) is 1. The number of pyridine rings is 1. The van der Waals surface area contributed by atoms with Crippen LogP contribution in [-0.4, -0.2) is 19.9 Å². The molecule has 0 amide bonds. The molecule has 22 heavy (non-hydrogen) atoms. The molecule has 1 aliphatic carbocycles. The highest BCUT2D eigenvalue weighted by molar-refractivity contribution is 7.89. The second-order valence-corrected chi connectivity index (χ2v) is 7.37. The molecule has 0 bridgehead atoms. The van der Waals surface area contributed by atoms with Gasteiger partial charge in [0.2, 0.25) is 10.0 Å². The fourth-order valence-corrected chi connectivity index (χ4v) is 3.95. The molecular weight excluding hydrogens is 296 g/mol. The smallest absolute Gasteiger partial charge is 0.240 e. The van der Waals surface area contributed by atoms with Crippen molar-refractivity contribution in [1.82, 2.24) is 9.71 Å². The van der Waals surface area contributed by atoms with Gasteiger partial charge in [0, 0.05) is 18.4 Å². The highest BCUT2D eigenvalue weighted by Gasteiger charge is 2.17. The van der Waals surface area contributed by atoms with Gasteiger partial charge in [-0.25, -0.2) is 13.1 Å². The molecule has 0 unspecified atom stereocenters. The maximum absolute atomic E-state index is 12.3. The molecule has 0 radical (unpaired) electrons. The Labute approximate surface area is 131 Å². The van der Waals surface area contributed by atoms with Crippen molar-refractivity contribution in [3.63, 3.8) is 0 Å². The van der Waals surface area contributed by atoms with Crippen LogP contribution < -0.4 is 4.72 Å². The lowest BCUT2D eigenvalue weighted by atomic mass is 10.1. The Kier molecular flexibility index (Phi) is 4.55. The summed E-state index contributed by atoms with van der Waals surface area (Å²) >= 11 is 0. The van der Waals surface area contributed by atoms with Crippen LogP contribution in [0.5, 0.6) is 0 Å². The van der Waals surface area contributed by atoms with Crippen molar-refractivity contribution in [2.75, 3.05) is 6.54 Å². The zero-order chi connectivity index (χ0) is 15.4. The van der Waals surface area contributed by atoms with E-state index in [9.17, 15) is 8.42 Å². The van der Waals surface area contributed by atoms with Gasteiger partial charge in [0.05, 0.1) is 4.90 Å². The molecule has 0 aliphatic heterocycles. The highest BCUT2D eigenvalue weighted by atomic mass is 32.2. The lowest BCUT2D eigenvalue weighted by Gasteiger charge is -2.08. The molecule has 1 aromatic carbocycles. The number of rotatable bonds is 6. The molecule has 0 saturated carbocycles. The van der Waals surface area contributed by atoms with Gasteiger partial charge in [0.1, 0.15) is 0 Å². The molecule has 1 heterocycles. The van der Waals surface area contributed by atoms with Gasteiger partial charge in [-0.3, -0.25) is 4.98 Å². The standard InChI is InChI=1S/C17H20N2O2S/c20-22(21,17-10-9-14-5-3-6-15(14)13-17)19-12-4-8-16-7-1-2-11-18-16/h1-2,7,9-11,13,19H,3-6,8,12H2. The summed E-state index contributed by atoms with van der Waals surface area (Å²) in [6.07, 6.45) is 6.43. The van der Waals surface area contributed by atoms with Crippen molar-refractivity contribution in [1.29, 1.82) is 0 Å². The fourth-order valence-electron chi connectivity index (χ4n) is 2.82. The van der Waals surface area contributed by atoms with Crippen LogP contribution in [0, 0.1) is 0 Å². The van der Waals surface area contributed by atoms with E-state index in [1.165, 1.54) is 11.1 Å². The average molecular weight is 316 g/mol. The van der Waals surface area contributed by atoms with Crippen LogP contribution in [0.4, 0.5) is 0 Å². The molecule has 1 aliphatic rings. The monoisotopic (exact) mass is 316 g/mol. The number of benzene rings is 1. The van der Waals surface area contributed by atoms with Crippen molar-refractivity contribution in [3.05, 3.63) is 59.4 Å². The second-order valence-electron chi connectivity index (χ2n) is 5.61. The summed E-state index contributed by atoms with van der Waals surface area (Å²) in [6, 6.07) is 11.3. The number of hydrogen-bond acceptors (Lipinski definition) is 3. The molecule has 1 N–H and O–H groups in total. The van der Waals surface area contributed by atoms with E-state index < -0.39 is 10.0 Å². The summed E-state index contributed by atoms with van der Waals surface area (Å²) < 4.78 is 27.3. The molecule has 4 nitrogen and oxygen atoms in total. The van der Waals surface area contributed by atoms with Crippen molar-refractivity contribution in [3.8, 4) is 0 Å². The third-order valence-electron chi connectivity index (χ3n) is 4.01. The normalized spacial score (nSPS) is 14.0. The molecule has 0 fully saturated rings. The zero-order valence-corrected chi connectivity index (χ0v) is 13.3.